The Balaban J connectivity index is 2.15. The third-order valence-corrected chi connectivity index (χ3v) is 3.77. The van der Waals surface area contributed by atoms with Crippen molar-refractivity contribution in [1.29, 1.82) is 0 Å². The van der Waals surface area contributed by atoms with Crippen LogP contribution in [0.1, 0.15) is 29.4 Å². The Morgan fingerprint density at radius 2 is 2.00 bits per heavy atom. The molecule has 1 amide bonds. The lowest BCUT2D eigenvalue weighted by molar-refractivity contribution is -0.112. The largest absolute Gasteiger partial charge is 0.362 e. The van der Waals surface area contributed by atoms with Crippen LogP contribution in [0.3, 0.4) is 0 Å². The van der Waals surface area contributed by atoms with Gasteiger partial charge in [-0.05, 0) is 44.5 Å². The number of H-pyrrole nitrogens is 1. The molecule has 1 aliphatic rings. The molecule has 0 saturated carbocycles. The molecule has 1 aliphatic heterocycles. The number of nitrogens with one attached hydrogen (secondary N) is 1. The molecule has 0 atom stereocenters. The van der Waals surface area contributed by atoms with Gasteiger partial charge < -0.3 is 9.88 Å². The monoisotopic (exact) mass is 266 g/mol. The van der Waals surface area contributed by atoms with Crippen molar-refractivity contribution in [2.24, 2.45) is 0 Å². The lowest BCUT2D eigenvalue weighted by Crippen LogP contribution is -2.25. The predicted octanol–water partition coefficient (Wildman–Crippen LogP) is 3.54. The first kappa shape index (κ1) is 12.7. The molecule has 1 N–H and O–H groups in total. The summed E-state index contributed by atoms with van der Waals surface area (Å²) in [7, 11) is 0. The molecule has 2 aromatic rings. The lowest BCUT2D eigenvalue weighted by Gasteiger charge is -2.13. The number of para-hydroxylation sites is 1. The molecular weight excluding hydrogens is 248 g/mol. The quantitative estimate of drug-likeness (QED) is 0.829. The number of anilines is 1. The maximum absolute atomic E-state index is 12.6. The number of rotatable bonds is 2. The van der Waals surface area contributed by atoms with E-state index in [0.29, 0.717) is 6.54 Å². The molecule has 0 bridgehead atoms. The maximum atomic E-state index is 12.6. The molecule has 3 nitrogen and oxygen atoms in total. The zero-order valence-corrected chi connectivity index (χ0v) is 12.0. The minimum absolute atomic E-state index is 0.0898. The molecule has 0 aliphatic carbocycles. The Hall–Kier alpha value is -2.29. The summed E-state index contributed by atoms with van der Waals surface area (Å²) in [6.45, 7) is 6.75. The second-order valence-electron chi connectivity index (χ2n) is 5.16. The van der Waals surface area contributed by atoms with Gasteiger partial charge in [0, 0.05) is 29.1 Å². The van der Waals surface area contributed by atoms with E-state index in [1.165, 1.54) is 0 Å². The van der Waals surface area contributed by atoms with E-state index in [0.717, 1.165) is 33.8 Å². The van der Waals surface area contributed by atoms with Crippen LogP contribution >= 0.6 is 0 Å². The topological polar surface area (TPSA) is 36.1 Å². The lowest BCUT2D eigenvalue weighted by atomic mass is 10.0. The molecule has 0 saturated heterocycles. The number of aryl methyl sites for hydroxylation is 2. The van der Waals surface area contributed by atoms with Gasteiger partial charge >= 0.3 is 0 Å². The van der Waals surface area contributed by atoms with Gasteiger partial charge in [0.15, 0.2) is 0 Å². The van der Waals surface area contributed by atoms with Gasteiger partial charge in [-0.3, -0.25) is 4.79 Å². The van der Waals surface area contributed by atoms with E-state index >= 15 is 0 Å². The van der Waals surface area contributed by atoms with E-state index in [1.54, 1.807) is 0 Å². The molecule has 102 valence electrons. The zero-order valence-electron chi connectivity index (χ0n) is 12.0. The third kappa shape index (κ3) is 1.86. The van der Waals surface area contributed by atoms with Crippen molar-refractivity contribution in [3.63, 3.8) is 0 Å². The summed E-state index contributed by atoms with van der Waals surface area (Å²) in [4.78, 5) is 17.7. The number of fused-ring (bicyclic) bond motifs is 1. The minimum Gasteiger partial charge on any atom is -0.362 e. The van der Waals surface area contributed by atoms with Gasteiger partial charge in [0.2, 0.25) is 0 Å². The molecule has 0 radical (unpaired) electrons. The summed E-state index contributed by atoms with van der Waals surface area (Å²) in [5, 5.41) is 0. The number of hydrogen-bond acceptors (Lipinski definition) is 1. The highest BCUT2D eigenvalue weighted by molar-refractivity contribution is 6.35. The molecule has 20 heavy (non-hydrogen) atoms. The van der Waals surface area contributed by atoms with Crippen molar-refractivity contribution >= 4 is 23.2 Å². The number of aromatic nitrogens is 1. The van der Waals surface area contributed by atoms with E-state index in [-0.39, 0.29) is 5.91 Å². The summed E-state index contributed by atoms with van der Waals surface area (Å²) >= 11 is 0. The molecular formula is C17H18N2O. The van der Waals surface area contributed by atoms with Crippen LogP contribution in [0.4, 0.5) is 5.69 Å². The summed E-state index contributed by atoms with van der Waals surface area (Å²) in [6.07, 6.45) is 2.00. The number of hydrogen-bond donors (Lipinski definition) is 1. The van der Waals surface area contributed by atoms with Crippen LogP contribution in [0.5, 0.6) is 0 Å². The smallest absolute Gasteiger partial charge is 0.258 e. The van der Waals surface area contributed by atoms with E-state index in [9.17, 15) is 4.79 Å². The van der Waals surface area contributed by atoms with Crippen molar-refractivity contribution < 1.29 is 4.79 Å². The van der Waals surface area contributed by atoms with Crippen molar-refractivity contribution in [2.75, 3.05) is 11.4 Å². The number of carbonyl (C=O) groups is 1. The second-order valence-corrected chi connectivity index (χ2v) is 5.16. The number of nitrogens with zero attached hydrogens (tertiary/aromatic N) is 1. The Bertz CT molecular complexity index is 710. The normalized spacial score (nSPS) is 16.1. The number of carbonyl (C=O) groups excluding carboxylic acids is 1. The average Bonchev–Trinajstić information content (AvgIpc) is 2.88. The Labute approximate surface area is 118 Å². The van der Waals surface area contributed by atoms with Crippen LogP contribution < -0.4 is 4.90 Å². The van der Waals surface area contributed by atoms with E-state index < -0.39 is 0 Å². The Kier molecular flexibility index (Phi) is 2.97. The first-order chi connectivity index (χ1) is 9.61. The molecule has 1 aromatic carbocycles. The van der Waals surface area contributed by atoms with E-state index in [1.807, 2.05) is 56.0 Å². The van der Waals surface area contributed by atoms with Gasteiger partial charge in [0.05, 0.1) is 5.69 Å². The third-order valence-electron chi connectivity index (χ3n) is 3.77. The van der Waals surface area contributed by atoms with E-state index in [4.69, 9.17) is 0 Å². The molecule has 0 spiro atoms. The first-order valence-electron chi connectivity index (χ1n) is 6.91. The average molecular weight is 266 g/mol. The minimum atomic E-state index is 0.0898. The van der Waals surface area contributed by atoms with Crippen molar-refractivity contribution in [3.8, 4) is 0 Å². The second kappa shape index (κ2) is 4.67. The van der Waals surface area contributed by atoms with Crippen LogP contribution in [0.25, 0.3) is 11.6 Å². The Morgan fingerprint density at radius 1 is 1.25 bits per heavy atom. The molecule has 3 rings (SSSR count). The number of amides is 1. The van der Waals surface area contributed by atoms with Crippen LogP contribution in [0, 0.1) is 13.8 Å². The molecule has 3 heteroatoms. The van der Waals surface area contributed by atoms with Gasteiger partial charge in [0.1, 0.15) is 0 Å². The number of benzene rings is 1. The fourth-order valence-corrected chi connectivity index (χ4v) is 2.81. The Morgan fingerprint density at radius 3 is 2.65 bits per heavy atom. The SMILES string of the molecule is CCN1C(=O)/C(=C/c2cc(C)[nH]c2C)c2ccccc21. The summed E-state index contributed by atoms with van der Waals surface area (Å²) in [5.74, 6) is 0.0898. The van der Waals surface area contributed by atoms with Crippen LogP contribution in [-0.2, 0) is 4.79 Å². The van der Waals surface area contributed by atoms with Crippen LogP contribution in [0.2, 0.25) is 0 Å². The number of likely N-dealkylation sites (N-methyl/N-ethyl adjacent to an activating group) is 1. The summed E-state index contributed by atoms with van der Waals surface area (Å²) in [6, 6.07) is 10.1. The van der Waals surface area contributed by atoms with Crippen molar-refractivity contribution in [2.45, 2.75) is 20.8 Å². The molecule has 2 heterocycles. The van der Waals surface area contributed by atoms with Gasteiger partial charge in [-0.2, -0.15) is 0 Å². The standard InChI is InChI=1S/C17H18N2O/c1-4-19-16-8-6-5-7-14(16)15(17(19)20)10-13-9-11(2)18-12(13)3/h5-10,18H,4H2,1-3H3/b15-10+. The van der Waals surface area contributed by atoms with Gasteiger partial charge in [-0.1, -0.05) is 18.2 Å². The molecule has 0 unspecified atom stereocenters. The summed E-state index contributed by atoms with van der Waals surface area (Å²) < 4.78 is 0. The predicted molar refractivity (Wildman–Crippen MR) is 82.6 cm³/mol. The first-order valence-corrected chi connectivity index (χ1v) is 6.91. The highest BCUT2D eigenvalue weighted by Gasteiger charge is 2.30. The van der Waals surface area contributed by atoms with Gasteiger partial charge in [0.25, 0.3) is 5.91 Å². The highest BCUT2D eigenvalue weighted by Crippen LogP contribution is 2.37. The fourth-order valence-electron chi connectivity index (χ4n) is 2.81. The molecule has 1 aromatic heterocycles. The van der Waals surface area contributed by atoms with E-state index in [2.05, 4.69) is 11.1 Å². The summed E-state index contributed by atoms with van der Waals surface area (Å²) in [5.41, 5.74) is 6.10. The van der Waals surface area contributed by atoms with Gasteiger partial charge in [-0.15, -0.1) is 0 Å². The van der Waals surface area contributed by atoms with Crippen LogP contribution in [-0.4, -0.2) is 17.4 Å². The highest BCUT2D eigenvalue weighted by atomic mass is 16.2. The zero-order chi connectivity index (χ0) is 14.3. The maximum Gasteiger partial charge on any atom is 0.258 e. The fraction of sp³-hybridized carbons (Fsp3) is 0.235. The van der Waals surface area contributed by atoms with Crippen molar-refractivity contribution in [1.82, 2.24) is 4.98 Å². The number of aromatic amines is 1. The van der Waals surface area contributed by atoms with Crippen LogP contribution in [0.15, 0.2) is 30.3 Å². The molecule has 0 fully saturated rings. The van der Waals surface area contributed by atoms with Gasteiger partial charge in [-0.25, -0.2) is 0 Å². The van der Waals surface area contributed by atoms with Crippen molar-refractivity contribution in [3.05, 3.63) is 52.8 Å².